The van der Waals surface area contributed by atoms with Crippen molar-refractivity contribution in [1.29, 1.82) is 0 Å². The van der Waals surface area contributed by atoms with Crippen molar-refractivity contribution < 1.29 is 22.4 Å². The van der Waals surface area contributed by atoms with Gasteiger partial charge in [0, 0.05) is 11.9 Å². The Labute approximate surface area is 152 Å². The Kier molecular flexibility index (Phi) is 4.10. The van der Waals surface area contributed by atoms with Gasteiger partial charge in [0.25, 0.3) is 5.91 Å². The van der Waals surface area contributed by atoms with Crippen LogP contribution in [0, 0.1) is 0 Å². The summed E-state index contributed by atoms with van der Waals surface area (Å²) in [6.07, 6.45) is -2.39. The summed E-state index contributed by atoms with van der Waals surface area (Å²) in [4.78, 5) is 18.4. The minimum Gasteiger partial charge on any atom is -0.467 e. The standard InChI is InChI=1S/C19H14F3N3O2/c20-19(21,22)14-7-1-2-8-15(14)24-17-16-13(6-3-9-23-16)18(26)25(17)11-12-5-4-10-27-12/h1-10,17,24H,11H2. The summed E-state index contributed by atoms with van der Waals surface area (Å²) in [7, 11) is 0. The molecule has 0 aliphatic carbocycles. The van der Waals surface area contributed by atoms with Crippen LogP contribution in [0.4, 0.5) is 18.9 Å². The maximum absolute atomic E-state index is 13.3. The topological polar surface area (TPSA) is 58.4 Å². The number of pyridine rings is 1. The molecular weight excluding hydrogens is 359 g/mol. The number of hydrogen-bond acceptors (Lipinski definition) is 4. The zero-order chi connectivity index (χ0) is 19.0. The lowest BCUT2D eigenvalue weighted by molar-refractivity contribution is -0.137. The molecule has 27 heavy (non-hydrogen) atoms. The minimum atomic E-state index is -4.52. The van der Waals surface area contributed by atoms with Crippen LogP contribution in [0.2, 0.25) is 0 Å². The van der Waals surface area contributed by atoms with E-state index >= 15 is 0 Å². The molecule has 3 aromatic rings. The number of fused-ring (bicyclic) bond motifs is 1. The summed E-state index contributed by atoms with van der Waals surface area (Å²) in [6, 6.07) is 11.8. The number of benzene rings is 1. The fourth-order valence-corrected chi connectivity index (χ4v) is 3.12. The van der Waals surface area contributed by atoms with Crippen molar-refractivity contribution in [2.75, 3.05) is 5.32 Å². The van der Waals surface area contributed by atoms with E-state index in [0.29, 0.717) is 17.0 Å². The Hall–Kier alpha value is -3.29. The van der Waals surface area contributed by atoms with Gasteiger partial charge < -0.3 is 14.6 Å². The van der Waals surface area contributed by atoms with Gasteiger partial charge in [-0.05, 0) is 36.4 Å². The van der Waals surface area contributed by atoms with Crippen molar-refractivity contribution in [3.63, 3.8) is 0 Å². The fraction of sp³-hybridized carbons (Fsp3) is 0.158. The second kappa shape index (κ2) is 6.46. The van der Waals surface area contributed by atoms with E-state index in [1.54, 1.807) is 24.3 Å². The van der Waals surface area contributed by atoms with Gasteiger partial charge in [-0.1, -0.05) is 12.1 Å². The molecule has 1 amide bonds. The highest BCUT2D eigenvalue weighted by atomic mass is 19.4. The molecule has 3 heterocycles. The van der Waals surface area contributed by atoms with Crippen molar-refractivity contribution in [2.45, 2.75) is 18.9 Å². The lowest BCUT2D eigenvalue weighted by Crippen LogP contribution is -2.32. The molecule has 1 aliphatic rings. The van der Waals surface area contributed by atoms with Crippen LogP contribution < -0.4 is 5.32 Å². The number of hydrogen-bond donors (Lipinski definition) is 1. The monoisotopic (exact) mass is 373 g/mol. The number of aromatic nitrogens is 1. The van der Waals surface area contributed by atoms with Gasteiger partial charge in [-0.3, -0.25) is 9.78 Å². The van der Waals surface area contributed by atoms with Gasteiger partial charge >= 0.3 is 6.18 Å². The van der Waals surface area contributed by atoms with Crippen LogP contribution in [0.3, 0.4) is 0 Å². The first-order valence-corrected chi connectivity index (χ1v) is 8.16. The van der Waals surface area contributed by atoms with Gasteiger partial charge in [0.2, 0.25) is 0 Å². The first kappa shape index (κ1) is 17.1. The van der Waals surface area contributed by atoms with Crippen molar-refractivity contribution >= 4 is 11.6 Å². The molecular formula is C19H14F3N3O2. The van der Waals surface area contributed by atoms with E-state index < -0.39 is 17.9 Å². The lowest BCUT2D eigenvalue weighted by atomic mass is 10.1. The molecule has 138 valence electrons. The van der Waals surface area contributed by atoms with Crippen LogP contribution >= 0.6 is 0 Å². The van der Waals surface area contributed by atoms with Crippen LogP contribution in [0.15, 0.2) is 65.4 Å². The normalized spacial score (nSPS) is 16.5. The number of carbonyl (C=O) groups is 1. The van der Waals surface area contributed by atoms with Crippen molar-refractivity contribution in [1.82, 2.24) is 9.88 Å². The number of furan rings is 1. The summed E-state index contributed by atoms with van der Waals surface area (Å²) in [5.41, 5.74) is -0.192. The molecule has 1 aromatic carbocycles. The van der Waals surface area contributed by atoms with Gasteiger partial charge in [0.05, 0.1) is 29.6 Å². The highest BCUT2D eigenvalue weighted by Crippen LogP contribution is 2.39. The molecule has 1 N–H and O–H groups in total. The van der Waals surface area contributed by atoms with E-state index in [2.05, 4.69) is 10.3 Å². The molecule has 8 heteroatoms. The summed E-state index contributed by atoms with van der Waals surface area (Å²) >= 11 is 0. The van der Waals surface area contributed by atoms with E-state index in [4.69, 9.17) is 4.42 Å². The van der Waals surface area contributed by atoms with Crippen LogP contribution in [-0.4, -0.2) is 15.8 Å². The number of rotatable bonds is 4. The Morgan fingerprint density at radius 2 is 1.93 bits per heavy atom. The maximum atomic E-state index is 13.3. The number of anilines is 1. The van der Waals surface area contributed by atoms with Crippen LogP contribution in [0.1, 0.15) is 33.5 Å². The molecule has 5 nitrogen and oxygen atoms in total. The van der Waals surface area contributed by atoms with Crippen molar-refractivity contribution in [3.05, 3.63) is 83.6 Å². The number of halogens is 3. The molecule has 4 rings (SSSR count). The maximum Gasteiger partial charge on any atom is 0.418 e. The summed E-state index contributed by atoms with van der Waals surface area (Å²) in [6.45, 7) is 0.105. The average molecular weight is 373 g/mol. The third-order valence-corrected chi connectivity index (χ3v) is 4.33. The molecule has 1 unspecified atom stereocenters. The number of amides is 1. The largest absolute Gasteiger partial charge is 0.467 e. The summed E-state index contributed by atoms with van der Waals surface area (Å²) < 4.78 is 45.3. The lowest BCUT2D eigenvalue weighted by Gasteiger charge is -2.27. The summed E-state index contributed by atoms with van der Waals surface area (Å²) in [5, 5.41) is 2.85. The molecule has 1 aliphatic heterocycles. The Morgan fingerprint density at radius 3 is 2.67 bits per heavy atom. The second-order valence-electron chi connectivity index (χ2n) is 6.04. The van der Waals surface area contributed by atoms with Crippen LogP contribution in [0.25, 0.3) is 0 Å². The first-order chi connectivity index (χ1) is 12.9. The fourth-order valence-electron chi connectivity index (χ4n) is 3.12. The van der Waals surface area contributed by atoms with E-state index in [0.717, 1.165) is 6.07 Å². The zero-order valence-electron chi connectivity index (χ0n) is 13.9. The smallest absolute Gasteiger partial charge is 0.418 e. The minimum absolute atomic E-state index is 0.105. The van der Waals surface area contributed by atoms with Gasteiger partial charge in [0.15, 0.2) is 0 Å². The Balaban J connectivity index is 1.73. The number of carbonyl (C=O) groups excluding carboxylic acids is 1. The average Bonchev–Trinajstić information content (AvgIpc) is 3.24. The number of alkyl halides is 3. The van der Waals surface area contributed by atoms with Crippen molar-refractivity contribution in [3.8, 4) is 0 Å². The highest BCUT2D eigenvalue weighted by Gasteiger charge is 2.40. The van der Waals surface area contributed by atoms with E-state index in [9.17, 15) is 18.0 Å². The Bertz CT molecular complexity index is 970. The van der Waals surface area contributed by atoms with Crippen molar-refractivity contribution in [2.24, 2.45) is 0 Å². The number of nitrogens with zero attached hydrogens (tertiary/aromatic N) is 2. The zero-order valence-corrected chi connectivity index (χ0v) is 13.9. The predicted molar refractivity (Wildman–Crippen MR) is 90.6 cm³/mol. The molecule has 0 spiro atoms. The van der Waals surface area contributed by atoms with E-state index in [-0.39, 0.29) is 18.1 Å². The molecule has 1 atom stereocenters. The van der Waals surface area contributed by atoms with Crippen LogP contribution in [-0.2, 0) is 12.7 Å². The van der Waals surface area contributed by atoms with Crippen LogP contribution in [0.5, 0.6) is 0 Å². The highest BCUT2D eigenvalue weighted by molar-refractivity contribution is 5.98. The van der Waals surface area contributed by atoms with Gasteiger partial charge in [-0.2, -0.15) is 13.2 Å². The van der Waals surface area contributed by atoms with E-state index in [1.807, 2.05) is 0 Å². The van der Waals surface area contributed by atoms with Gasteiger partial charge in [-0.15, -0.1) is 0 Å². The molecule has 0 bridgehead atoms. The quantitative estimate of drug-likeness (QED) is 0.734. The number of nitrogens with one attached hydrogen (secondary N) is 1. The molecule has 0 fully saturated rings. The Morgan fingerprint density at radius 1 is 1.11 bits per heavy atom. The first-order valence-electron chi connectivity index (χ1n) is 8.16. The van der Waals surface area contributed by atoms with E-state index in [1.165, 1.54) is 35.6 Å². The third-order valence-electron chi connectivity index (χ3n) is 4.33. The SMILES string of the molecule is O=C1c2cccnc2C(Nc2ccccc2C(F)(F)F)N1Cc1ccco1. The molecule has 0 saturated carbocycles. The molecule has 0 saturated heterocycles. The third kappa shape index (κ3) is 3.14. The molecule has 0 radical (unpaired) electrons. The predicted octanol–water partition coefficient (Wildman–Crippen LogP) is 4.46. The van der Waals surface area contributed by atoms with Gasteiger partial charge in [-0.25, -0.2) is 0 Å². The second-order valence-corrected chi connectivity index (χ2v) is 6.04. The summed E-state index contributed by atoms with van der Waals surface area (Å²) in [5.74, 6) is 0.198. The number of para-hydroxylation sites is 1. The van der Waals surface area contributed by atoms with Gasteiger partial charge in [0.1, 0.15) is 11.9 Å². The molecule has 2 aromatic heterocycles.